The first-order valence-electron chi connectivity index (χ1n) is 6.30. The first-order valence-corrected chi connectivity index (χ1v) is 6.30. The monoisotopic (exact) mass is 263 g/mol. The van der Waals surface area contributed by atoms with E-state index >= 15 is 0 Å². The maximum Gasteiger partial charge on any atom is 0.270 e. The van der Waals surface area contributed by atoms with E-state index < -0.39 is 4.92 Å². The molecule has 2 rings (SSSR count). The van der Waals surface area contributed by atoms with Crippen LogP contribution in [0, 0.1) is 17.0 Å². The fourth-order valence-corrected chi connectivity index (χ4v) is 2.22. The molecule has 6 heteroatoms. The molecular formula is C13H17N3O3. The molecule has 0 aromatic heterocycles. The Kier molecular flexibility index (Phi) is 3.80. The molecule has 0 radical (unpaired) electrons. The minimum absolute atomic E-state index is 0.0360. The summed E-state index contributed by atoms with van der Waals surface area (Å²) in [7, 11) is 0. The molecule has 0 bridgehead atoms. The van der Waals surface area contributed by atoms with Gasteiger partial charge in [-0.2, -0.15) is 0 Å². The van der Waals surface area contributed by atoms with Gasteiger partial charge in [0.15, 0.2) is 0 Å². The Morgan fingerprint density at radius 1 is 1.47 bits per heavy atom. The molecule has 0 unspecified atom stereocenters. The highest BCUT2D eigenvalue weighted by atomic mass is 16.6. The average molecular weight is 263 g/mol. The number of carbonyl (C=O) groups excluding carboxylic acids is 1. The molecule has 0 atom stereocenters. The minimum atomic E-state index is -0.467. The van der Waals surface area contributed by atoms with E-state index in [-0.39, 0.29) is 17.6 Å². The number of carbonyl (C=O) groups is 1. The van der Waals surface area contributed by atoms with Crippen molar-refractivity contribution in [3.05, 3.63) is 39.4 Å². The topological polar surface area (TPSA) is 75.5 Å². The van der Waals surface area contributed by atoms with Crippen molar-refractivity contribution >= 4 is 11.6 Å². The summed E-state index contributed by atoms with van der Waals surface area (Å²) in [6.45, 7) is 5.85. The van der Waals surface area contributed by atoms with Gasteiger partial charge in [0.25, 0.3) is 11.6 Å². The maximum atomic E-state index is 12.4. The number of hydrogen-bond acceptors (Lipinski definition) is 4. The summed E-state index contributed by atoms with van der Waals surface area (Å²) in [5.74, 6) is -0.138. The first kappa shape index (κ1) is 13.5. The van der Waals surface area contributed by atoms with Gasteiger partial charge in [0.1, 0.15) is 0 Å². The molecule has 1 aromatic rings. The Morgan fingerprint density at radius 3 is 2.63 bits per heavy atom. The second-order valence-corrected chi connectivity index (χ2v) is 4.72. The molecule has 1 saturated heterocycles. The highest BCUT2D eigenvalue weighted by Crippen LogP contribution is 2.19. The number of rotatable bonds is 4. The van der Waals surface area contributed by atoms with Crippen molar-refractivity contribution in [2.75, 3.05) is 19.6 Å². The van der Waals surface area contributed by atoms with Crippen molar-refractivity contribution < 1.29 is 9.72 Å². The van der Waals surface area contributed by atoms with Crippen LogP contribution < -0.4 is 5.32 Å². The van der Waals surface area contributed by atoms with E-state index in [1.807, 2.05) is 6.92 Å². The molecule has 1 amide bonds. The van der Waals surface area contributed by atoms with Gasteiger partial charge in [-0.05, 0) is 25.5 Å². The summed E-state index contributed by atoms with van der Waals surface area (Å²) in [5, 5.41) is 14.0. The summed E-state index contributed by atoms with van der Waals surface area (Å²) in [6, 6.07) is 4.71. The number of non-ortho nitro benzene ring substituents is 1. The van der Waals surface area contributed by atoms with Crippen molar-refractivity contribution in [2.24, 2.45) is 0 Å². The summed E-state index contributed by atoms with van der Waals surface area (Å²) >= 11 is 0. The second kappa shape index (κ2) is 5.36. The molecule has 0 spiro atoms. The molecule has 0 saturated carbocycles. The van der Waals surface area contributed by atoms with Crippen molar-refractivity contribution in [3.63, 3.8) is 0 Å². The Labute approximate surface area is 111 Å². The molecule has 1 N–H and O–H groups in total. The number of amides is 1. The normalized spacial score (nSPS) is 14.8. The van der Waals surface area contributed by atoms with Crippen LogP contribution >= 0.6 is 0 Å². The fourth-order valence-electron chi connectivity index (χ4n) is 2.22. The molecule has 1 aliphatic rings. The van der Waals surface area contributed by atoms with Crippen LogP contribution in [0.4, 0.5) is 5.69 Å². The van der Waals surface area contributed by atoms with Crippen LogP contribution in [0.25, 0.3) is 0 Å². The van der Waals surface area contributed by atoms with Crippen LogP contribution in [0.2, 0.25) is 0 Å². The first-order chi connectivity index (χ1) is 9.02. The van der Waals surface area contributed by atoms with Gasteiger partial charge in [0.2, 0.25) is 0 Å². The van der Waals surface area contributed by atoms with Crippen LogP contribution in [0.1, 0.15) is 22.8 Å². The van der Waals surface area contributed by atoms with Crippen molar-refractivity contribution in [2.45, 2.75) is 19.9 Å². The van der Waals surface area contributed by atoms with Gasteiger partial charge < -0.3 is 10.2 Å². The quantitative estimate of drug-likeness (QED) is 0.657. The van der Waals surface area contributed by atoms with Crippen molar-refractivity contribution in [3.8, 4) is 0 Å². The third-order valence-electron chi connectivity index (χ3n) is 3.32. The van der Waals surface area contributed by atoms with Gasteiger partial charge in [-0.25, -0.2) is 0 Å². The van der Waals surface area contributed by atoms with Gasteiger partial charge in [0, 0.05) is 37.3 Å². The highest BCUT2D eigenvalue weighted by Gasteiger charge is 2.28. The summed E-state index contributed by atoms with van der Waals surface area (Å²) in [4.78, 5) is 24.5. The lowest BCUT2D eigenvalue weighted by atomic mass is 10.1. The molecule has 1 heterocycles. The lowest BCUT2D eigenvalue weighted by molar-refractivity contribution is -0.384. The predicted molar refractivity (Wildman–Crippen MR) is 71.2 cm³/mol. The number of nitrogens with one attached hydrogen (secondary N) is 1. The zero-order valence-corrected chi connectivity index (χ0v) is 11.0. The molecular weight excluding hydrogens is 246 g/mol. The smallest absolute Gasteiger partial charge is 0.270 e. The van der Waals surface area contributed by atoms with Gasteiger partial charge >= 0.3 is 0 Å². The molecule has 6 nitrogen and oxygen atoms in total. The van der Waals surface area contributed by atoms with E-state index in [1.165, 1.54) is 12.1 Å². The summed E-state index contributed by atoms with van der Waals surface area (Å²) < 4.78 is 0. The van der Waals surface area contributed by atoms with Crippen molar-refractivity contribution in [1.82, 2.24) is 10.2 Å². The SMILES string of the molecule is CCN(C(=O)c1cc(C)cc([N+](=O)[O-])c1)C1CNC1. The van der Waals surface area contributed by atoms with Crippen molar-refractivity contribution in [1.29, 1.82) is 0 Å². The lowest BCUT2D eigenvalue weighted by Gasteiger charge is -2.37. The van der Waals surface area contributed by atoms with Gasteiger partial charge in [-0.1, -0.05) is 0 Å². The number of aryl methyl sites for hydroxylation is 1. The van der Waals surface area contributed by atoms with Crippen LogP contribution in [0.5, 0.6) is 0 Å². The predicted octanol–water partition coefficient (Wildman–Crippen LogP) is 1.34. The Bertz CT molecular complexity index is 512. The van der Waals surface area contributed by atoms with Crippen LogP contribution in [0.15, 0.2) is 18.2 Å². The van der Waals surface area contributed by atoms with Gasteiger partial charge in [0.05, 0.1) is 11.0 Å². The molecule has 1 fully saturated rings. The van der Waals surface area contributed by atoms with Crippen LogP contribution in [0.3, 0.4) is 0 Å². The van der Waals surface area contributed by atoms with E-state index in [4.69, 9.17) is 0 Å². The molecule has 1 aliphatic heterocycles. The third-order valence-corrected chi connectivity index (χ3v) is 3.32. The minimum Gasteiger partial charge on any atom is -0.333 e. The third kappa shape index (κ3) is 2.73. The number of hydrogen-bond donors (Lipinski definition) is 1. The van der Waals surface area contributed by atoms with Gasteiger partial charge in [-0.3, -0.25) is 14.9 Å². The lowest BCUT2D eigenvalue weighted by Crippen LogP contribution is -2.58. The number of likely N-dealkylation sites (N-methyl/N-ethyl adjacent to an activating group) is 1. The number of nitro groups is 1. The van der Waals surface area contributed by atoms with E-state index in [0.29, 0.717) is 12.1 Å². The Hall–Kier alpha value is -1.95. The molecule has 102 valence electrons. The van der Waals surface area contributed by atoms with Crippen LogP contribution in [-0.2, 0) is 0 Å². The Morgan fingerprint density at radius 2 is 2.16 bits per heavy atom. The van der Waals surface area contributed by atoms with E-state index in [1.54, 1.807) is 17.9 Å². The highest BCUT2D eigenvalue weighted by molar-refractivity contribution is 5.95. The zero-order chi connectivity index (χ0) is 14.0. The Balaban J connectivity index is 2.29. The second-order valence-electron chi connectivity index (χ2n) is 4.72. The van der Waals surface area contributed by atoms with E-state index in [9.17, 15) is 14.9 Å². The number of nitro benzene ring substituents is 1. The maximum absolute atomic E-state index is 12.4. The van der Waals surface area contributed by atoms with Gasteiger partial charge in [-0.15, -0.1) is 0 Å². The number of nitrogens with zero attached hydrogens (tertiary/aromatic N) is 2. The fraction of sp³-hybridized carbons (Fsp3) is 0.462. The zero-order valence-electron chi connectivity index (χ0n) is 11.0. The summed E-state index contributed by atoms with van der Waals surface area (Å²) in [5.41, 5.74) is 1.08. The van der Waals surface area contributed by atoms with Crippen LogP contribution in [-0.4, -0.2) is 41.4 Å². The summed E-state index contributed by atoms with van der Waals surface area (Å²) in [6.07, 6.45) is 0. The average Bonchev–Trinajstić information content (AvgIpc) is 2.31. The van der Waals surface area contributed by atoms with E-state index in [2.05, 4.69) is 5.32 Å². The largest absolute Gasteiger partial charge is 0.333 e. The standard InChI is InChI=1S/C13H17N3O3/c1-3-15(12-7-14-8-12)13(17)10-4-9(2)5-11(6-10)16(18)19/h4-6,12,14H,3,7-8H2,1-2H3. The molecule has 1 aromatic carbocycles. The van der Waals surface area contributed by atoms with E-state index in [0.717, 1.165) is 18.7 Å². The number of benzene rings is 1. The molecule has 19 heavy (non-hydrogen) atoms. The molecule has 0 aliphatic carbocycles.